The Bertz CT molecular complexity index is 233. The minimum absolute atomic E-state index is 0.0419. The van der Waals surface area contributed by atoms with Crippen molar-refractivity contribution in [2.24, 2.45) is 5.92 Å². The predicted molar refractivity (Wildman–Crippen MR) is 47.4 cm³/mol. The van der Waals surface area contributed by atoms with Crippen LogP contribution in [0.2, 0.25) is 0 Å². The molecule has 0 radical (unpaired) electrons. The molecular formula is C9H15F2NO2. The molecule has 1 aliphatic heterocycles. The summed E-state index contributed by atoms with van der Waals surface area (Å²) in [6, 6.07) is 0.0419. The number of aliphatic carboxylic acids is 1. The smallest absolute Gasteiger partial charge is 0.375 e. The van der Waals surface area contributed by atoms with Crippen LogP contribution in [0.1, 0.15) is 20.3 Å². The lowest BCUT2D eigenvalue weighted by molar-refractivity contribution is -0.167. The zero-order chi connectivity index (χ0) is 10.9. The Morgan fingerprint density at radius 2 is 2.14 bits per heavy atom. The van der Waals surface area contributed by atoms with Crippen molar-refractivity contribution in [1.82, 2.24) is 4.90 Å². The molecule has 0 amide bonds. The summed E-state index contributed by atoms with van der Waals surface area (Å²) in [5.74, 6) is -5.30. The molecule has 0 spiro atoms. The van der Waals surface area contributed by atoms with Gasteiger partial charge in [-0.2, -0.15) is 8.78 Å². The van der Waals surface area contributed by atoms with Crippen LogP contribution in [0.25, 0.3) is 0 Å². The lowest BCUT2D eigenvalue weighted by atomic mass is 10.1. The zero-order valence-electron chi connectivity index (χ0n) is 8.33. The SMILES string of the molecule is CC1CCN(CC(F)(F)C(=O)O)C1C. The summed E-state index contributed by atoms with van der Waals surface area (Å²) in [6.07, 6.45) is 0.858. The fourth-order valence-electron chi connectivity index (χ4n) is 1.72. The molecule has 0 aromatic carbocycles. The predicted octanol–water partition coefficient (Wildman–Crippen LogP) is 1.44. The van der Waals surface area contributed by atoms with Crippen LogP contribution in [0, 0.1) is 5.92 Å². The number of carboxylic acid groups (broad SMARTS) is 1. The Morgan fingerprint density at radius 3 is 2.50 bits per heavy atom. The average Bonchev–Trinajstić information content (AvgIpc) is 2.35. The van der Waals surface area contributed by atoms with E-state index in [0.717, 1.165) is 6.42 Å². The van der Waals surface area contributed by atoms with Crippen LogP contribution >= 0.6 is 0 Å². The molecule has 2 atom stereocenters. The van der Waals surface area contributed by atoms with Gasteiger partial charge < -0.3 is 5.11 Å². The molecule has 1 fully saturated rings. The van der Waals surface area contributed by atoms with E-state index in [1.165, 1.54) is 0 Å². The molecule has 1 saturated heterocycles. The van der Waals surface area contributed by atoms with Crippen LogP contribution in [0.15, 0.2) is 0 Å². The fraction of sp³-hybridized carbons (Fsp3) is 0.889. The van der Waals surface area contributed by atoms with Crippen molar-refractivity contribution in [2.45, 2.75) is 32.2 Å². The third-order valence-corrected chi connectivity index (χ3v) is 2.99. The number of hydrogen-bond acceptors (Lipinski definition) is 2. The van der Waals surface area contributed by atoms with Crippen LogP contribution in [0.5, 0.6) is 0 Å². The lowest BCUT2D eigenvalue weighted by Gasteiger charge is -2.25. The average molecular weight is 207 g/mol. The molecular weight excluding hydrogens is 192 g/mol. The molecule has 5 heteroatoms. The standard InChI is InChI=1S/C9H15F2NO2/c1-6-3-4-12(7(6)2)5-9(10,11)8(13)14/h6-7H,3-5H2,1-2H3,(H,13,14). The molecule has 82 valence electrons. The number of carboxylic acids is 1. The maximum absolute atomic E-state index is 12.9. The number of nitrogens with zero attached hydrogens (tertiary/aromatic N) is 1. The summed E-state index contributed by atoms with van der Waals surface area (Å²) in [6.45, 7) is 3.73. The van der Waals surface area contributed by atoms with Crippen LogP contribution < -0.4 is 0 Å². The lowest BCUT2D eigenvalue weighted by Crippen LogP contribution is -2.44. The summed E-state index contributed by atoms with van der Waals surface area (Å²) in [7, 11) is 0. The maximum atomic E-state index is 12.9. The molecule has 1 heterocycles. The minimum atomic E-state index is -3.63. The van der Waals surface area contributed by atoms with Crippen molar-refractivity contribution in [3.05, 3.63) is 0 Å². The first kappa shape index (κ1) is 11.4. The molecule has 1 aliphatic rings. The van der Waals surface area contributed by atoms with Gasteiger partial charge in [0.05, 0.1) is 6.54 Å². The van der Waals surface area contributed by atoms with Crippen molar-refractivity contribution in [2.75, 3.05) is 13.1 Å². The van der Waals surface area contributed by atoms with Gasteiger partial charge in [0.1, 0.15) is 0 Å². The van der Waals surface area contributed by atoms with Crippen LogP contribution in [-0.2, 0) is 4.79 Å². The van der Waals surface area contributed by atoms with Crippen molar-refractivity contribution in [3.8, 4) is 0 Å². The second kappa shape index (κ2) is 3.81. The normalized spacial score (nSPS) is 29.4. The molecule has 0 aromatic heterocycles. The molecule has 2 unspecified atom stereocenters. The Labute approximate surface area is 81.7 Å². The number of alkyl halides is 2. The van der Waals surface area contributed by atoms with E-state index in [1.54, 1.807) is 4.90 Å². The largest absolute Gasteiger partial charge is 0.477 e. The second-order valence-corrected chi connectivity index (χ2v) is 3.99. The van der Waals surface area contributed by atoms with Gasteiger partial charge in [-0.1, -0.05) is 6.92 Å². The van der Waals surface area contributed by atoms with Crippen molar-refractivity contribution in [1.29, 1.82) is 0 Å². The van der Waals surface area contributed by atoms with E-state index in [4.69, 9.17) is 5.11 Å². The summed E-state index contributed by atoms with van der Waals surface area (Å²) >= 11 is 0. The molecule has 0 saturated carbocycles. The monoisotopic (exact) mass is 207 g/mol. The highest BCUT2D eigenvalue weighted by Gasteiger charge is 2.43. The van der Waals surface area contributed by atoms with Gasteiger partial charge in [-0.25, -0.2) is 4.79 Å². The third kappa shape index (κ3) is 2.20. The van der Waals surface area contributed by atoms with Gasteiger partial charge in [0.2, 0.25) is 0 Å². The van der Waals surface area contributed by atoms with Gasteiger partial charge in [0.15, 0.2) is 0 Å². The summed E-state index contributed by atoms with van der Waals surface area (Å²) in [4.78, 5) is 11.8. The van der Waals surface area contributed by atoms with E-state index in [2.05, 4.69) is 0 Å². The van der Waals surface area contributed by atoms with Gasteiger partial charge in [0, 0.05) is 6.04 Å². The van der Waals surface area contributed by atoms with E-state index in [9.17, 15) is 13.6 Å². The number of hydrogen-bond donors (Lipinski definition) is 1. The number of rotatable bonds is 3. The number of likely N-dealkylation sites (tertiary alicyclic amines) is 1. The van der Waals surface area contributed by atoms with Gasteiger partial charge in [-0.15, -0.1) is 0 Å². The molecule has 3 nitrogen and oxygen atoms in total. The third-order valence-electron chi connectivity index (χ3n) is 2.99. The maximum Gasteiger partial charge on any atom is 0.375 e. The molecule has 0 bridgehead atoms. The van der Waals surface area contributed by atoms with E-state index in [0.29, 0.717) is 12.5 Å². The van der Waals surface area contributed by atoms with Crippen LogP contribution in [0.4, 0.5) is 8.78 Å². The van der Waals surface area contributed by atoms with E-state index < -0.39 is 18.4 Å². The Kier molecular flexibility index (Phi) is 3.09. The quantitative estimate of drug-likeness (QED) is 0.761. The van der Waals surface area contributed by atoms with E-state index in [1.807, 2.05) is 13.8 Å². The number of carbonyl (C=O) groups is 1. The highest BCUT2D eigenvalue weighted by Crippen LogP contribution is 2.26. The van der Waals surface area contributed by atoms with Crippen molar-refractivity contribution < 1.29 is 18.7 Å². The molecule has 0 aliphatic carbocycles. The Balaban J connectivity index is 2.57. The van der Waals surface area contributed by atoms with Gasteiger partial charge in [-0.3, -0.25) is 4.90 Å². The van der Waals surface area contributed by atoms with Crippen LogP contribution in [0.3, 0.4) is 0 Å². The highest BCUT2D eigenvalue weighted by atomic mass is 19.3. The fourth-order valence-corrected chi connectivity index (χ4v) is 1.72. The first-order chi connectivity index (χ1) is 6.34. The summed E-state index contributed by atoms with van der Waals surface area (Å²) in [5, 5.41) is 8.28. The highest BCUT2D eigenvalue weighted by molar-refractivity contribution is 5.75. The Morgan fingerprint density at radius 1 is 1.57 bits per heavy atom. The first-order valence-electron chi connectivity index (χ1n) is 4.70. The van der Waals surface area contributed by atoms with Gasteiger partial charge >= 0.3 is 11.9 Å². The Hall–Kier alpha value is -0.710. The molecule has 0 aromatic rings. The summed E-state index contributed by atoms with van der Waals surface area (Å²) in [5.41, 5.74) is 0. The van der Waals surface area contributed by atoms with Crippen molar-refractivity contribution in [3.63, 3.8) is 0 Å². The zero-order valence-corrected chi connectivity index (χ0v) is 8.33. The first-order valence-corrected chi connectivity index (χ1v) is 4.70. The topological polar surface area (TPSA) is 40.5 Å². The van der Waals surface area contributed by atoms with Gasteiger partial charge in [-0.05, 0) is 25.8 Å². The molecule has 1 N–H and O–H groups in total. The van der Waals surface area contributed by atoms with E-state index >= 15 is 0 Å². The van der Waals surface area contributed by atoms with Crippen LogP contribution in [-0.4, -0.2) is 41.0 Å². The molecule has 14 heavy (non-hydrogen) atoms. The molecule has 1 rings (SSSR count). The van der Waals surface area contributed by atoms with E-state index in [-0.39, 0.29) is 6.04 Å². The second-order valence-electron chi connectivity index (χ2n) is 3.99. The minimum Gasteiger partial charge on any atom is -0.477 e. The number of halogens is 2. The van der Waals surface area contributed by atoms with Crippen molar-refractivity contribution >= 4 is 5.97 Å². The summed E-state index contributed by atoms with van der Waals surface area (Å²) < 4.78 is 25.7. The van der Waals surface area contributed by atoms with Gasteiger partial charge in [0.25, 0.3) is 0 Å².